The zero-order valence-corrected chi connectivity index (χ0v) is 17.1. The molecule has 2 amide bonds. The molecule has 0 atom stereocenters. The summed E-state index contributed by atoms with van der Waals surface area (Å²) in [6, 6.07) is 22.6. The smallest absolute Gasteiger partial charge is 0.339 e. The van der Waals surface area contributed by atoms with Crippen LogP contribution in [-0.2, 0) is 6.61 Å². The fourth-order valence-corrected chi connectivity index (χ4v) is 2.76. The molecule has 3 aromatic rings. The van der Waals surface area contributed by atoms with Gasteiger partial charge in [-0.2, -0.15) is 5.10 Å². The number of anilines is 1. The van der Waals surface area contributed by atoms with Gasteiger partial charge in [0.25, 0.3) is 0 Å². The van der Waals surface area contributed by atoms with Gasteiger partial charge in [-0.25, -0.2) is 10.2 Å². The van der Waals surface area contributed by atoms with Crippen LogP contribution in [0.2, 0.25) is 0 Å². The first-order valence-electron chi connectivity index (χ1n) is 9.75. The number of amides is 2. The first-order chi connectivity index (χ1) is 14.7. The van der Waals surface area contributed by atoms with Crippen molar-refractivity contribution in [3.05, 3.63) is 89.5 Å². The molecule has 0 saturated heterocycles. The van der Waals surface area contributed by atoms with Crippen LogP contribution in [0.4, 0.5) is 10.5 Å². The topological polar surface area (TPSA) is 72.0 Å². The zero-order valence-electron chi connectivity index (χ0n) is 17.1. The molecule has 0 bridgehead atoms. The molecule has 0 aliphatic rings. The van der Waals surface area contributed by atoms with Gasteiger partial charge in [0.1, 0.15) is 6.61 Å². The fraction of sp³-hybridized carbons (Fsp3) is 0.167. The van der Waals surface area contributed by atoms with E-state index in [0.717, 1.165) is 22.4 Å². The van der Waals surface area contributed by atoms with E-state index in [1.807, 2.05) is 86.6 Å². The van der Waals surface area contributed by atoms with Crippen molar-refractivity contribution in [2.45, 2.75) is 20.5 Å². The average molecular weight is 403 g/mol. The lowest BCUT2D eigenvalue weighted by molar-refractivity contribution is 0.252. The number of para-hydroxylation sites is 1. The number of nitrogens with zero attached hydrogens (tertiary/aromatic N) is 1. The molecule has 30 heavy (non-hydrogen) atoms. The lowest BCUT2D eigenvalue weighted by Crippen LogP contribution is -2.24. The molecular weight excluding hydrogens is 378 g/mol. The molecule has 0 radical (unpaired) electrons. The van der Waals surface area contributed by atoms with Crippen LogP contribution in [0, 0.1) is 6.92 Å². The van der Waals surface area contributed by atoms with E-state index in [4.69, 9.17) is 9.47 Å². The predicted molar refractivity (Wildman–Crippen MR) is 119 cm³/mol. The number of hydrogen-bond acceptors (Lipinski definition) is 4. The van der Waals surface area contributed by atoms with E-state index < -0.39 is 6.03 Å². The number of hydrazone groups is 1. The molecule has 6 heteroatoms. The molecular formula is C24H25N3O3. The largest absolute Gasteiger partial charge is 0.490 e. The molecule has 6 nitrogen and oxygen atoms in total. The van der Waals surface area contributed by atoms with Crippen molar-refractivity contribution in [1.29, 1.82) is 0 Å². The zero-order chi connectivity index (χ0) is 21.2. The molecule has 0 unspecified atom stereocenters. The minimum Gasteiger partial charge on any atom is -0.490 e. The van der Waals surface area contributed by atoms with Crippen LogP contribution in [-0.4, -0.2) is 18.9 Å². The Hall–Kier alpha value is -3.80. The first kappa shape index (κ1) is 20.9. The molecule has 0 heterocycles. The quantitative estimate of drug-likeness (QED) is 0.405. The van der Waals surface area contributed by atoms with E-state index in [9.17, 15) is 4.79 Å². The van der Waals surface area contributed by atoms with Crippen molar-refractivity contribution in [2.24, 2.45) is 5.10 Å². The number of urea groups is 1. The second kappa shape index (κ2) is 10.7. The summed E-state index contributed by atoms with van der Waals surface area (Å²) in [6.45, 7) is 4.81. The van der Waals surface area contributed by atoms with E-state index in [0.29, 0.717) is 24.7 Å². The third-order valence-electron chi connectivity index (χ3n) is 4.28. The number of hydrogen-bond donors (Lipinski definition) is 2. The maximum Gasteiger partial charge on any atom is 0.339 e. The highest BCUT2D eigenvalue weighted by atomic mass is 16.5. The van der Waals surface area contributed by atoms with Gasteiger partial charge < -0.3 is 14.8 Å². The van der Waals surface area contributed by atoms with Gasteiger partial charge in [-0.15, -0.1) is 0 Å². The second-order valence-corrected chi connectivity index (χ2v) is 6.55. The van der Waals surface area contributed by atoms with E-state index in [-0.39, 0.29) is 0 Å². The van der Waals surface area contributed by atoms with Gasteiger partial charge in [0.05, 0.1) is 12.8 Å². The number of benzene rings is 3. The van der Waals surface area contributed by atoms with Crippen molar-refractivity contribution in [3.8, 4) is 11.5 Å². The van der Waals surface area contributed by atoms with Crippen LogP contribution < -0.4 is 20.2 Å². The van der Waals surface area contributed by atoms with Gasteiger partial charge in [-0.05, 0) is 54.8 Å². The van der Waals surface area contributed by atoms with Crippen molar-refractivity contribution in [2.75, 3.05) is 11.9 Å². The first-order valence-corrected chi connectivity index (χ1v) is 9.75. The Balaban J connectivity index is 1.60. The Morgan fingerprint density at radius 1 is 0.967 bits per heavy atom. The third kappa shape index (κ3) is 6.10. The molecule has 0 aliphatic heterocycles. The molecule has 0 aliphatic carbocycles. The Morgan fingerprint density at radius 2 is 1.73 bits per heavy atom. The summed E-state index contributed by atoms with van der Waals surface area (Å²) in [5.41, 5.74) is 6.04. The summed E-state index contributed by atoms with van der Waals surface area (Å²) in [5.74, 6) is 1.28. The van der Waals surface area contributed by atoms with E-state index >= 15 is 0 Å². The number of nitrogens with one attached hydrogen (secondary N) is 2. The van der Waals surface area contributed by atoms with Gasteiger partial charge >= 0.3 is 6.03 Å². The van der Waals surface area contributed by atoms with E-state index in [1.165, 1.54) is 0 Å². The average Bonchev–Trinajstić information content (AvgIpc) is 2.76. The highest BCUT2D eigenvalue weighted by molar-refractivity contribution is 5.91. The number of aryl methyl sites for hydroxylation is 1. The molecule has 2 N–H and O–H groups in total. The predicted octanol–water partition coefficient (Wildman–Crippen LogP) is 5.13. The van der Waals surface area contributed by atoms with Crippen LogP contribution >= 0.6 is 0 Å². The van der Waals surface area contributed by atoms with Crippen molar-refractivity contribution in [3.63, 3.8) is 0 Å². The molecule has 0 fully saturated rings. The van der Waals surface area contributed by atoms with Crippen LogP contribution in [0.5, 0.6) is 11.5 Å². The molecule has 0 aromatic heterocycles. The van der Waals surface area contributed by atoms with Crippen molar-refractivity contribution >= 4 is 17.9 Å². The maximum absolute atomic E-state index is 12.0. The molecule has 3 rings (SSSR count). The summed E-state index contributed by atoms with van der Waals surface area (Å²) in [7, 11) is 0. The van der Waals surface area contributed by atoms with Crippen molar-refractivity contribution < 1.29 is 14.3 Å². The number of ether oxygens (including phenoxy) is 2. The Morgan fingerprint density at radius 3 is 2.50 bits per heavy atom. The minimum absolute atomic E-state index is 0.409. The maximum atomic E-state index is 12.0. The van der Waals surface area contributed by atoms with Gasteiger partial charge in [-0.1, -0.05) is 48.5 Å². The minimum atomic E-state index is -0.409. The molecule has 0 saturated carbocycles. The summed E-state index contributed by atoms with van der Waals surface area (Å²) in [6.07, 6.45) is 1.56. The van der Waals surface area contributed by atoms with Gasteiger partial charge in [0.2, 0.25) is 0 Å². The summed E-state index contributed by atoms with van der Waals surface area (Å²) in [5, 5.41) is 6.77. The molecule has 154 valence electrons. The van der Waals surface area contributed by atoms with Gasteiger partial charge in [-0.3, -0.25) is 0 Å². The lowest BCUT2D eigenvalue weighted by atomic mass is 10.2. The Bertz CT molecular complexity index is 1000. The van der Waals surface area contributed by atoms with Crippen LogP contribution in [0.15, 0.2) is 77.9 Å². The summed E-state index contributed by atoms with van der Waals surface area (Å²) in [4.78, 5) is 12.0. The van der Waals surface area contributed by atoms with Crippen LogP contribution in [0.3, 0.4) is 0 Å². The van der Waals surface area contributed by atoms with Crippen molar-refractivity contribution in [1.82, 2.24) is 5.43 Å². The number of carbonyl (C=O) groups is 1. The monoisotopic (exact) mass is 403 g/mol. The molecule has 3 aromatic carbocycles. The third-order valence-corrected chi connectivity index (χ3v) is 4.28. The second-order valence-electron chi connectivity index (χ2n) is 6.55. The lowest BCUT2D eigenvalue weighted by Gasteiger charge is -2.12. The Labute approximate surface area is 176 Å². The highest BCUT2D eigenvalue weighted by Crippen LogP contribution is 2.28. The van der Waals surface area contributed by atoms with Crippen LogP contribution in [0.25, 0.3) is 0 Å². The van der Waals surface area contributed by atoms with E-state index in [2.05, 4.69) is 15.8 Å². The number of rotatable bonds is 8. The number of carbonyl (C=O) groups excluding carboxylic acids is 1. The van der Waals surface area contributed by atoms with Crippen LogP contribution in [0.1, 0.15) is 23.6 Å². The SMILES string of the molecule is CCOc1cc(C=NNC(=O)Nc2ccccc2C)ccc1OCc1ccccc1. The standard InChI is InChI=1S/C24H25N3O3/c1-3-29-23-15-20(13-14-22(23)30-17-19-10-5-4-6-11-19)16-25-27-24(28)26-21-12-8-7-9-18(21)2/h4-16H,3,17H2,1-2H3,(H2,26,27,28). The Kier molecular flexibility index (Phi) is 7.44. The molecule has 0 spiro atoms. The van der Waals surface area contributed by atoms with E-state index in [1.54, 1.807) is 6.21 Å². The van der Waals surface area contributed by atoms with Gasteiger partial charge in [0.15, 0.2) is 11.5 Å². The van der Waals surface area contributed by atoms with Gasteiger partial charge in [0, 0.05) is 5.69 Å². The normalized spacial score (nSPS) is 10.6. The summed E-state index contributed by atoms with van der Waals surface area (Å²) >= 11 is 0. The summed E-state index contributed by atoms with van der Waals surface area (Å²) < 4.78 is 11.6. The highest BCUT2D eigenvalue weighted by Gasteiger charge is 2.07. The fourth-order valence-electron chi connectivity index (χ4n) is 2.76.